The number of nitrogens with one attached hydrogen (secondary N) is 2. The van der Waals surface area contributed by atoms with E-state index < -0.39 is 0 Å². The molecule has 6 nitrogen and oxygen atoms in total. The van der Waals surface area contributed by atoms with Crippen molar-refractivity contribution in [2.45, 2.75) is 52.1 Å². The van der Waals surface area contributed by atoms with Crippen molar-refractivity contribution in [1.29, 1.82) is 0 Å². The first-order chi connectivity index (χ1) is 13.0. The lowest BCUT2D eigenvalue weighted by Gasteiger charge is -2.29. The van der Waals surface area contributed by atoms with Crippen molar-refractivity contribution in [2.75, 3.05) is 5.73 Å². The summed E-state index contributed by atoms with van der Waals surface area (Å²) in [6, 6.07) is 8.07. The number of anilines is 1. The molecular weight excluding hydrogens is 360 g/mol. The SMILES string of the molecule is Cc1ccc(CNC(=O)c2nsc(C(=O)N[C@@H]3CCCC[C@H]3C)c2N)cc1. The van der Waals surface area contributed by atoms with Crippen LogP contribution in [0.15, 0.2) is 24.3 Å². The molecule has 0 spiro atoms. The van der Waals surface area contributed by atoms with E-state index in [4.69, 9.17) is 5.73 Å². The minimum Gasteiger partial charge on any atom is -0.395 e. The number of benzene rings is 1. The van der Waals surface area contributed by atoms with Gasteiger partial charge in [-0.25, -0.2) is 0 Å². The van der Waals surface area contributed by atoms with Crippen LogP contribution in [0, 0.1) is 12.8 Å². The highest BCUT2D eigenvalue weighted by Crippen LogP contribution is 2.26. The molecule has 1 aliphatic carbocycles. The number of aromatic nitrogens is 1. The van der Waals surface area contributed by atoms with Crippen LogP contribution in [0.4, 0.5) is 5.69 Å². The third-order valence-corrected chi connectivity index (χ3v) is 6.01. The quantitative estimate of drug-likeness (QED) is 0.735. The molecule has 4 N–H and O–H groups in total. The Labute approximate surface area is 163 Å². The second kappa shape index (κ2) is 8.52. The van der Waals surface area contributed by atoms with Crippen LogP contribution in [-0.4, -0.2) is 22.2 Å². The maximum atomic E-state index is 12.6. The van der Waals surface area contributed by atoms with Gasteiger partial charge in [-0.2, -0.15) is 4.37 Å². The van der Waals surface area contributed by atoms with Gasteiger partial charge in [0.2, 0.25) is 0 Å². The number of carbonyl (C=O) groups is 2. The summed E-state index contributed by atoms with van der Waals surface area (Å²) >= 11 is 0.978. The molecule has 2 amide bonds. The molecule has 0 bridgehead atoms. The van der Waals surface area contributed by atoms with Gasteiger partial charge in [-0.3, -0.25) is 9.59 Å². The largest absolute Gasteiger partial charge is 0.395 e. The Morgan fingerprint density at radius 3 is 2.59 bits per heavy atom. The molecule has 0 aliphatic heterocycles. The predicted octanol–water partition coefficient (Wildman–Crippen LogP) is 3.27. The average molecular weight is 387 g/mol. The molecule has 144 valence electrons. The van der Waals surface area contributed by atoms with Crippen LogP contribution in [0.2, 0.25) is 0 Å². The number of amides is 2. The van der Waals surface area contributed by atoms with E-state index in [0.29, 0.717) is 17.3 Å². The molecular formula is C20H26N4O2S. The summed E-state index contributed by atoms with van der Waals surface area (Å²) in [6.45, 7) is 4.56. The van der Waals surface area contributed by atoms with Crippen LogP contribution in [0.1, 0.15) is 63.9 Å². The Morgan fingerprint density at radius 1 is 1.19 bits per heavy atom. The highest BCUT2D eigenvalue weighted by Gasteiger charge is 2.27. The van der Waals surface area contributed by atoms with E-state index in [9.17, 15) is 9.59 Å². The number of nitrogens with two attached hydrogens (primary N) is 1. The third kappa shape index (κ3) is 4.66. The van der Waals surface area contributed by atoms with E-state index >= 15 is 0 Å². The van der Waals surface area contributed by atoms with E-state index in [1.807, 2.05) is 31.2 Å². The van der Waals surface area contributed by atoms with E-state index in [1.165, 1.54) is 6.42 Å². The molecule has 2 atom stereocenters. The Morgan fingerprint density at radius 2 is 1.89 bits per heavy atom. The normalized spacial score (nSPS) is 19.5. The molecule has 1 aromatic heterocycles. The van der Waals surface area contributed by atoms with Gasteiger partial charge in [0.25, 0.3) is 11.8 Å². The summed E-state index contributed by atoms with van der Waals surface area (Å²) in [6.07, 6.45) is 4.44. The van der Waals surface area contributed by atoms with Crippen molar-refractivity contribution in [3.8, 4) is 0 Å². The lowest BCUT2D eigenvalue weighted by molar-refractivity contribution is 0.0915. The Bertz CT molecular complexity index is 816. The maximum Gasteiger partial charge on any atom is 0.273 e. The van der Waals surface area contributed by atoms with Crippen molar-refractivity contribution in [1.82, 2.24) is 15.0 Å². The van der Waals surface area contributed by atoms with Crippen LogP contribution < -0.4 is 16.4 Å². The zero-order valence-corrected chi connectivity index (χ0v) is 16.6. The number of aryl methyl sites for hydroxylation is 1. The fourth-order valence-electron chi connectivity index (χ4n) is 3.36. The molecule has 1 fully saturated rings. The predicted molar refractivity (Wildman–Crippen MR) is 108 cm³/mol. The Balaban J connectivity index is 1.62. The number of carbonyl (C=O) groups excluding carboxylic acids is 2. The highest BCUT2D eigenvalue weighted by molar-refractivity contribution is 7.09. The topological polar surface area (TPSA) is 97.1 Å². The average Bonchev–Trinajstić information content (AvgIpc) is 3.04. The summed E-state index contributed by atoms with van der Waals surface area (Å²) in [5.41, 5.74) is 8.49. The van der Waals surface area contributed by atoms with Gasteiger partial charge in [0, 0.05) is 12.6 Å². The summed E-state index contributed by atoms with van der Waals surface area (Å²) in [4.78, 5) is 25.3. The molecule has 27 heavy (non-hydrogen) atoms. The number of hydrogen-bond acceptors (Lipinski definition) is 5. The van der Waals surface area contributed by atoms with Gasteiger partial charge in [0.15, 0.2) is 5.69 Å². The highest BCUT2D eigenvalue weighted by atomic mass is 32.1. The summed E-state index contributed by atoms with van der Waals surface area (Å²) in [5.74, 6) is -0.148. The minimum atomic E-state index is -0.366. The van der Waals surface area contributed by atoms with Gasteiger partial charge < -0.3 is 16.4 Å². The molecule has 1 aromatic carbocycles. The van der Waals surface area contributed by atoms with Gasteiger partial charge in [0.05, 0.1) is 5.69 Å². The van der Waals surface area contributed by atoms with Crippen molar-refractivity contribution < 1.29 is 9.59 Å². The molecule has 3 rings (SSSR count). The molecule has 0 unspecified atom stereocenters. The van der Waals surface area contributed by atoms with E-state index in [0.717, 1.165) is 41.9 Å². The number of hydrogen-bond donors (Lipinski definition) is 3. The zero-order valence-electron chi connectivity index (χ0n) is 15.7. The fraction of sp³-hybridized carbons (Fsp3) is 0.450. The number of rotatable bonds is 5. The second-order valence-corrected chi connectivity index (χ2v) is 8.06. The van der Waals surface area contributed by atoms with Crippen LogP contribution in [0.3, 0.4) is 0 Å². The van der Waals surface area contributed by atoms with Crippen molar-refractivity contribution in [2.24, 2.45) is 5.92 Å². The number of nitrogen functional groups attached to an aromatic ring is 1. The van der Waals surface area contributed by atoms with Gasteiger partial charge >= 0.3 is 0 Å². The van der Waals surface area contributed by atoms with E-state index in [-0.39, 0.29) is 29.2 Å². The van der Waals surface area contributed by atoms with E-state index in [2.05, 4.69) is 21.9 Å². The lowest BCUT2D eigenvalue weighted by atomic mass is 9.86. The first-order valence-electron chi connectivity index (χ1n) is 9.35. The Kier molecular flexibility index (Phi) is 6.11. The summed E-state index contributed by atoms with van der Waals surface area (Å²) < 4.78 is 4.12. The standard InChI is InChI=1S/C20H26N4O2S/c1-12-7-9-14(10-8-12)11-22-19(25)17-16(21)18(27-24-17)20(26)23-15-6-4-3-5-13(15)2/h7-10,13,15H,3-6,11,21H2,1-2H3,(H,22,25)(H,23,26)/t13-,15-/m1/s1. The summed E-state index contributed by atoms with van der Waals surface area (Å²) in [7, 11) is 0. The van der Waals surface area contributed by atoms with E-state index in [1.54, 1.807) is 0 Å². The molecule has 0 radical (unpaired) electrons. The Hall–Kier alpha value is -2.41. The van der Waals surface area contributed by atoms with Gasteiger partial charge in [0.1, 0.15) is 4.88 Å². The second-order valence-electron chi connectivity index (χ2n) is 7.28. The molecule has 2 aromatic rings. The van der Waals surface area contributed by atoms with Crippen LogP contribution >= 0.6 is 11.5 Å². The minimum absolute atomic E-state index is 0.119. The van der Waals surface area contributed by atoms with Gasteiger partial charge in [-0.15, -0.1) is 0 Å². The van der Waals surface area contributed by atoms with Crippen molar-refractivity contribution in [3.63, 3.8) is 0 Å². The molecule has 1 heterocycles. The fourth-order valence-corrected chi connectivity index (χ4v) is 4.06. The molecule has 1 saturated carbocycles. The first-order valence-corrected chi connectivity index (χ1v) is 10.1. The first kappa shape index (κ1) is 19.4. The number of nitrogens with zero attached hydrogens (tertiary/aromatic N) is 1. The van der Waals surface area contributed by atoms with Crippen LogP contribution in [-0.2, 0) is 6.54 Å². The molecule has 7 heteroatoms. The monoisotopic (exact) mass is 386 g/mol. The zero-order chi connectivity index (χ0) is 19.4. The maximum absolute atomic E-state index is 12.6. The third-order valence-electron chi connectivity index (χ3n) is 5.15. The van der Waals surface area contributed by atoms with Crippen LogP contribution in [0.5, 0.6) is 0 Å². The van der Waals surface area contributed by atoms with Crippen molar-refractivity contribution in [3.05, 3.63) is 46.0 Å². The van der Waals surface area contributed by atoms with Crippen LogP contribution in [0.25, 0.3) is 0 Å². The summed E-state index contributed by atoms with van der Waals surface area (Å²) in [5, 5.41) is 5.87. The van der Waals surface area contributed by atoms with Gasteiger partial charge in [-0.05, 0) is 42.8 Å². The smallest absolute Gasteiger partial charge is 0.273 e. The van der Waals surface area contributed by atoms with Crippen molar-refractivity contribution >= 4 is 29.0 Å². The molecule has 1 aliphatic rings. The van der Waals surface area contributed by atoms with Gasteiger partial charge in [-0.1, -0.05) is 49.6 Å². The lowest BCUT2D eigenvalue weighted by Crippen LogP contribution is -2.41. The molecule has 0 saturated heterocycles.